The molecular formula is C17H15N3O5S. The average molecular weight is 373 g/mol. The van der Waals surface area contributed by atoms with E-state index in [-0.39, 0.29) is 4.90 Å². The van der Waals surface area contributed by atoms with Gasteiger partial charge in [0.15, 0.2) is 0 Å². The van der Waals surface area contributed by atoms with E-state index in [1.165, 1.54) is 16.8 Å². The minimum Gasteiger partial charge on any atom is -0.539 e. The molecule has 1 aromatic heterocycles. The molecule has 0 saturated carbocycles. The zero-order valence-corrected chi connectivity index (χ0v) is 14.8. The Labute approximate surface area is 150 Å². The molecule has 0 saturated heterocycles. The minimum absolute atomic E-state index is 0.00908. The molecule has 0 aliphatic heterocycles. The number of benzene rings is 2. The van der Waals surface area contributed by atoms with Crippen molar-refractivity contribution in [2.75, 3.05) is 0 Å². The maximum absolute atomic E-state index is 12.2. The van der Waals surface area contributed by atoms with E-state index in [0.717, 1.165) is 11.8 Å². The first kappa shape index (κ1) is 17.6. The highest BCUT2D eigenvalue weighted by atomic mass is 32.2. The highest BCUT2D eigenvalue weighted by molar-refractivity contribution is 7.86. The summed E-state index contributed by atoms with van der Waals surface area (Å²) in [4.78, 5) is 0.00908. The van der Waals surface area contributed by atoms with E-state index in [0.29, 0.717) is 17.0 Å². The summed E-state index contributed by atoms with van der Waals surface area (Å²) in [6.45, 7) is 3.44. The van der Waals surface area contributed by atoms with Crippen molar-refractivity contribution in [2.24, 2.45) is 5.16 Å². The molecule has 0 aliphatic carbocycles. The third-order valence-electron chi connectivity index (χ3n) is 3.57. The van der Waals surface area contributed by atoms with Crippen LogP contribution in [-0.4, -0.2) is 19.4 Å². The molecule has 134 valence electrons. The van der Waals surface area contributed by atoms with Gasteiger partial charge >= 0.3 is 10.1 Å². The molecule has 0 unspecified atom stereocenters. The van der Waals surface area contributed by atoms with Gasteiger partial charge in [-0.1, -0.05) is 35.0 Å². The minimum atomic E-state index is -4.03. The number of hydrogen-bond donors (Lipinski definition) is 0. The van der Waals surface area contributed by atoms with Crippen molar-refractivity contribution in [3.05, 3.63) is 65.9 Å². The maximum Gasteiger partial charge on any atom is 0.358 e. The number of aryl methyl sites for hydroxylation is 1. The Morgan fingerprint density at radius 2 is 1.88 bits per heavy atom. The number of rotatable bonds is 5. The Kier molecular flexibility index (Phi) is 4.72. The topological polar surface area (TPSA) is 109 Å². The van der Waals surface area contributed by atoms with Crippen LogP contribution in [0.1, 0.15) is 18.1 Å². The van der Waals surface area contributed by atoms with E-state index in [1.54, 1.807) is 43.3 Å². The molecule has 1 heterocycles. The fraction of sp³-hybridized carbons (Fsp3) is 0.118. The first-order valence-corrected chi connectivity index (χ1v) is 8.98. The number of aromatic nitrogens is 2. The van der Waals surface area contributed by atoms with Crippen LogP contribution in [0.5, 0.6) is 5.95 Å². The van der Waals surface area contributed by atoms with E-state index in [2.05, 4.69) is 15.0 Å². The van der Waals surface area contributed by atoms with Gasteiger partial charge in [-0.15, -0.1) is 0 Å². The summed E-state index contributed by atoms with van der Waals surface area (Å²) in [6.07, 6.45) is 1.16. The van der Waals surface area contributed by atoms with Gasteiger partial charge in [-0.05, 0) is 36.7 Å². The van der Waals surface area contributed by atoms with Crippen LogP contribution in [0.4, 0.5) is 0 Å². The summed E-state index contributed by atoms with van der Waals surface area (Å²) < 4.78 is 35.0. The lowest BCUT2D eigenvalue weighted by Crippen LogP contribution is -2.33. The smallest absolute Gasteiger partial charge is 0.358 e. The molecule has 26 heavy (non-hydrogen) atoms. The highest BCUT2D eigenvalue weighted by Crippen LogP contribution is 2.16. The van der Waals surface area contributed by atoms with Crippen LogP contribution in [0.25, 0.3) is 5.69 Å². The molecular weight excluding hydrogens is 358 g/mol. The van der Waals surface area contributed by atoms with Gasteiger partial charge in [-0.3, -0.25) is 4.28 Å². The molecule has 0 fully saturated rings. The Morgan fingerprint density at radius 3 is 2.54 bits per heavy atom. The van der Waals surface area contributed by atoms with Gasteiger partial charge < -0.3 is 9.63 Å². The van der Waals surface area contributed by atoms with E-state index >= 15 is 0 Å². The van der Waals surface area contributed by atoms with Crippen molar-refractivity contribution in [1.82, 2.24) is 5.27 Å². The molecule has 9 heteroatoms. The van der Waals surface area contributed by atoms with Gasteiger partial charge in [-0.25, -0.2) is 0 Å². The van der Waals surface area contributed by atoms with Crippen LogP contribution < -0.4 is 9.79 Å². The van der Waals surface area contributed by atoms with Crippen LogP contribution in [-0.2, 0) is 14.4 Å². The molecule has 2 aromatic carbocycles. The third kappa shape index (κ3) is 3.72. The van der Waals surface area contributed by atoms with Crippen molar-refractivity contribution < 1.29 is 27.0 Å². The first-order valence-electron chi connectivity index (χ1n) is 7.57. The predicted octanol–water partition coefficient (Wildman–Crippen LogP) is 1.46. The second-order valence-corrected chi connectivity index (χ2v) is 7.03. The number of nitrogens with zero attached hydrogens (tertiary/aromatic N) is 3. The van der Waals surface area contributed by atoms with Gasteiger partial charge in [0.25, 0.3) is 0 Å². The molecule has 0 amide bonds. The second-order valence-electron chi connectivity index (χ2n) is 5.50. The summed E-state index contributed by atoms with van der Waals surface area (Å²) in [5.41, 5.74) is 2.25. The fourth-order valence-electron chi connectivity index (χ4n) is 2.23. The zero-order valence-electron chi connectivity index (χ0n) is 14.0. The summed E-state index contributed by atoms with van der Waals surface area (Å²) in [7, 11) is -4.03. The lowest BCUT2D eigenvalue weighted by Gasteiger charge is -2.04. The molecule has 3 rings (SSSR count). The Morgan fingerprint density at radius 1 is 1.19 bits per heavy atom. The molecule has 0 atom stereocenters. The molecule has 0 radical (unpaired) electrons. The SMILES string of the molecule is C/C(=N/OS(=O)(=O)c1ccc(C)cc1)c1ccccc1-[n+]1cc([O-])on1. The molecule has 8 nitrogen and oxygen atoms in total. The van der Waals surface area contributed by atoms with Crippen LogP contribution in [0.15, 0.2) is 69.3 Å². The van der Waals surface area contributed by atoms with Crippen molar-refractivity contribution in [3.8, 4) is 11.6 Å². The second kappa shape index (κ2) is 6.96. The van der Waals surface area contributed by atoms with Crippen molar-refractivity contribution in [3.63, 3.8) is 0 Å². The van der Waals surface area contributed by atoms with Crippen LogP contribution in [0, 0.1) is 6.92 Å². The quantitative estimate of drug-likeness (QED) is 0.381. The number of hydrogen-bond acceptors (Lipinski definition) is 7. The standard InChI is InChI=1S/C17H15N3O5S/c1-12-7-9-14(10-8-12)26(22,23)25-18-13(2)15-5-3-4-6-16(15)20-11-17(21)24-19-20/h3-11H,1-2H3/b18-13-. The lowest BCUT2D eigenvalue weighted by molar-refractivity contribution is -0.670. The fourth-order valence-corrected chi connectivity index (χ4v) is 2.99. The van der Waals surface area contributed by atoms with E-state index in [9.17, 15) is 13.5 Å². The highest BCUT2D eigenvalue weighted by Gasteiger charge is 2.19. The van der Waals surface area contributed by atoms with Gasteiger partial charge in [0.2, 0.25) is 11.9 Å². The van der Waals surface area contributed by atoms with Crippen molar-refractivity contribution in [2.45, 2.75) is 18.7 Å². The monoisotopic (exact) mass is 373 g/mol. The summed E-state index contributed by atoms with van der Waals surface area (Å²) >= 11 is 0. The predicted molar refractivity (Wildman–Crippen MR) is 89.1 cm³/mol. The number of para-hydroxylation sites is 1. The van der Waals surface area contributed by atoms with Gasteiger partial charge in [0.05, 0.1) is 16.5 Å². The Hall–Kier alpha value is -3.20. The first-order chi connectivity index (χ1) is 12.4. The van der Waals surface area contributed by atoms with Gasteiger partial charge in [0.1, 0.15) is 10.8 Å². The Balaban J connectivity index is 1.90. The largest absolute Gasteiger partial charge is 0.539 e. The molecule has 0 bridgehead atoms. The van der Waals surface area contributed by atoms with E-state index < -0.39 is 16.1 Å². The van der Waals surface area contributed by atoms with Gasteiger partial charge in [0, 0.05) is 6.07 Å². The average Bonchev–Trinajstić information content (AvgIpc) is 3.06. The van der Waals surface area contributed by atoms with E-state index in [1.807, 2.05) is 6.92 Å². The molecule has 0 aliphatic rings. The van der Waals surface area contributed by atoms with Crippen LogP contribution >= 0.6 is 0 Å². The van der Waals surface area contributed by atoms with Crippen LogP contribution in [0.2, 0.25) is 0 Å². The van der Waals surface area contributed by atoms with Crippen molar-refractivity contribution in [1.29, 1.82) is 0 Å². The maximum atomic E-state index is 12.2. The molecule has 0 N–H and O–H groups in total. The van der Waals surface area contributed by atoms with Crippen molar-refractivity contribution >= 4 is 15.8 Å². The zero-order chi connectivity index (χ0) is 18.7. The van der Waals surface area contributed by atoms with E-state index in [4.69, 9.17) is 4.28 Å². The lowest BCUT2D eigenvalue weighted by atomic mass is 10.1. The Bertz CT molecular complexity index is 1060. The third-order valence-corrected chi connectivity index (χ3v) is 4.69. The van der Waals surface area contributed by atoms with Crippen LogP contribution in [0.3, 0.4) is 0 Å². The summed E-state index contributed by atoms with van der Waals surface area (Å²) in [6, 6.07) is 13.1. The summed E-state index contributed by atoms with van der Waals surface area (Å²) in [5.74, 6) is -0.604. The normalized spacial score (nSPS) is 12.2. The molecule has 3 aromatic rings. The number of oxime groups is 1. The molecule has 0 spiro atoms. The summed E-state index contributed by atoms with van der Waals surface area (Å²) in [5, 5.41) is 18.5. The van der Waals surface area contributed by atoms with Gasteiger partial charge in [-0.2, -0.15) is 8.42 Å².